The van der Waals surface area contributed by atoms with Crippen molar-refractivity contribution in [1.29, 1.82) is 0 Å². The smallest absolute Gasteiger partial charge is 0.175 e. The lowest BCUT2D eigenvalue weighted by molar-refractivity contribution is 0.217. The van der Waals surface area contributed by atoms with Gasteiger partial charge in [0.1, 0.15) is 5.75 Å². The molecular weight excluding hydrogens is 212 g/mol. The molecule has 0 aromatic heterocycles. The normalized spacial score (nSPS) is 13.5. The van der Waals surface area contributed by atoms with Gasteiger partial charge >= 0.3 is 0 Å². The molecule has 0 spiro atoms. The maximum atomic E-state index is 11.2. The molecule has 1 aromatic rings. The molecule has 0 saturated heterocycles. The molecule has 1 atom stereocenters. The first-order valence-corrected chi connectivity index (χ1v) is 6.79. The van der Waals surface area contributed by atoms with Gasteiger partial charge in [0.2, 0.25) is 0 Å². The first-order chi connectivity index (χ1) is 6.93. The van der Waals surface area contributed by atoms with Crippen molar-refractivity contribution in [3.8, 4) is 5.75 Å². The van der Waals surface area contributed by atoms with Gasteiger partial charge in [-0.2, -0.15) is 0 Å². The second kappa shape index (κ2) is 4.66. The molecule has 0 amide bonds. The Morgan fingerprint density at radius 3 is 2.20 bits per heavy atom. The zero-order chi connectivity index (χ0) is 11.5. The highest BCUT2D eigenvalue weighted by Crippen LogP contribution is 2.17. The molecule has 0 aliphatic rings. The highest BCUT2D eigenvalue weighted by Gasteiger charge is 2.07. The lowest BCUT2D eigenvalue weighted by atomic mass is 10.3. The average molecular weight is 228 g/mol. The third kappa shape index (κ3) is 3.55. The highest BCUT2D eigenvalue weighted by molar-refractivity contribution is 7.90. The lowest BCUT2D eigenvalue weighted by Crippen LogP contribution is -2.09. The summed E-state index contributed by atoms with van der Waals surface area (Å²) in [7, 11) is -3.11. The van der Waals surface area contributed by atoms with Crippen LogP contribution in [-0.4, -0.2) is 20.8 Å². The largest absolute Gasteiger partial charge is 0.491 e. The molecule has 15 heavy (non-hydrogen) atoms. The van der Waals surface area contributed by atoms with Crippen molar-refractivity contribution in [1.82, 2.24) is 0 Å². The number of rotatable bonds is 4. The molecule has 0 aliphatic heterocycles. The third-order valence-corrected chi connectivity index (χ3v) is 3.29. The molecule has 0 aliphatic carbocycles. The van der Waals surface area contributed by atoms with Crippen LogP contribution in [0.5, 0.6) is 5.75 Å². The Labute approximate surface area is 91.0 Å². The van der Waals surface area contributed by atoms with Gasteiger partial charge in [-0.1, -0.05) is 6.92 Å². The first kappa shape index (κ1) is 12.0. The summed E-state index contributed by atoms with van der Waals surface area (Å²) in [5.74, 6) is 0.705. The summed E-state index contributed by atoms with van der Waals surface area (Å²) in [5.41, 5.74) is 0. The molecular formula is C11H16O3S. The number of benzene rings is 1. The molecule has 84 valence electrons. The summed E-state index contributed by atoms with van der Waals surface area (Å²) in [5, 5.41) is 0. The van der Waals surface area contributed by atoms with Crippen LogP contribution in [0.3, 0.4) is 0 Å². The molecule has 0 radical (unpaired) electrons. The van der Waals surface area contributed by atoms with E-state index in [2.05, 4.69) is 0 Å². The van der Waals surface area contributed by atoms with Crippen LogP contribution in [-0.2, 0) is 9.84 Å². The van der Waals surface area contributed by atoms with Crippen molar-refractivity contribution >= 4 is 9.84 Å². The zero-order valence-electron chi connectivity index (χ0n) is 9.23. The van der Waals surface area contributed by atoms with Crippen molar-refractivity contribution in [2.45, 2.75) is 31.3 Å². The summed E-state index contributed by atoms with van der Waals surface area (Å²) in [6.07, 6.45) is 2.26. The van der Waals surface area contributed by atoms with Crippen molar-refractivity contribution in [3.05, 3.63) is 24.3 Å². The Hall–Kier alpha value is -1.03. The van der Waals surface area contributed by atoms with Gasteiger partial charge in [-0.3, -0.25) is 0 Å². The Morgan fingerprint density at radius 1 is 1.27 bits per heavy atom. The van der Waals surface area contributed by atoms with Gasteiger partial charge in [0.25, 0.3) is 0 Å². The minimum absolute atomic E-state index is 0.147. The van der Waals surface area contributed by atoms with Gasteiger partial charge in [0.05, 0.1) is 11.0 Å². The molecule has 0 fully saturated rings. The minimum atomic E-state index is -3.11. The van der Waals surface area contributed by atoms with E-state index in [1.165, 1.54) is 6.26 Å². The Morgan fingerprint density at radius 2 is 1.80 bits per heavy atom. The van der Waals surface area contributed by atoms with Crippen LogP contribution >= 0.6 is 0 Å². The van der Waals surface area contributed by atoms with E-state index in [1.807, 2.05) is 13.8 Å². The average Bonchev–Trinajstić information content (AvgIpc) is 2.17. The second-order valence-corrected chi connectivity index (χ2v) is 5.60. The monoisotopic (exact) mass is 228 g/mol. The van der Waals surface area contributed by atoms with E-state index in [0.717, 1.165) is 6.42 Å². The van der Waals surface area contributed by atoms with Gasteiger partial charge in [0, 0.05) is 6.26 Å². The fourth-order valence-corrected chi connectivity index (χ4v) is 1.71. The number of sulfone groups is 1. The summed E-state index contributed by atoms with van der Waals surface area (Å²) < 4.78 is 27.9. The quantitative estimate of drug-likeness (QED) is 0.794. The molecule has 4 heteroatoms. The molecule has 3 nitrogen and oxygen atoms in total. The van der Waals surface area contributed by atoms with E-state index in [-0.39, 0.29) is 6.10 Å². The van der Waals surface area contributed by atoms with E-state index >= 15 is 0 Å². The maximum absolute atomic E-state index is 11.2. The maximum Gasteiger partial charge on any atom is 0.175 e. The van der Waals surface area contributed by atoms with Gasteiger partial charge in [-0.15, -0.1) is 0 Å². The van der Waals surface area contributed by atoms with Crippen molar-refractivity contribution in [2.24, 2.45) is 0 Å². The van der Waals surface area contributed by atoms with Crippen LogP contribution in [0.1, 0.15) is 20.3 Å². The van der Waals surface area contributed by atoms with Crippen molar-refractivity contribution in [3.63, 3.8) is 0 Å². The predicted molar refractivity (Wildman–Crippen MR) is 59.9 cm³/mol. The Kier molecular flexibility index (Phi) is 3.74. The zero-order valence-corrected chi connectivity index (χ0v) is 10.0. The molecule has 0 bridgehead atoms. The van der Waals surface area contributed by atoms with E-state index < -0.39 is 9.84 Å². The molecule has 0 N–H and O–H groups in total. The summed E-state index contributed by atoms with van der Waals surface area (Å²) >= 11 is 0. The fraction of sp³-hybridized carbons (Fsp3) is 0.455. The van der Waals surface area contributed by atoms with Crippen molar-refractivity contribution < 1.29 is 13.2 Å². The van der Waals surface area contributed by atoms with Crippen LogP contribution < -0.4 is 4.74 Å². The third-order valence-electron chi connectivity index (χ3n) is 2.16. The molecule has 1 unspecified atom stereocenters. The Bertz CT molecular complexity index is 406. The molecule has 1 rings (SSSR count). The van der Waals surface area contributed by atoms with E-state index in [4.69, 9.17) is 4.74 Å². The number of hydrogen-bond donors (Lipinski definition) is 0. The topological polar surface area (TPSA) is 43.4 Å². The highest BCUT2D eigenvalue weighted by atomic mass is 32.2. The predicted octanol–water partition coefficient (Wildman–Crippen LogP) is 2.27. The Balaban J connectivity index is 2.82. The first-order valence-electron chi connectivity index (χ1n) is 4.90. The van der Waals surface area contributed by atoms with Crippen molar-refractivity contribution in [2.75, 3.05) is 6.26 Å². The van der Waals surface area contributed by atoms with Gasteiger partial charge in [0.15, 0.2) is 9.84 Å². The molecule has 1 aromatic carbocycles. The summed E-state index contributed by atoms with van der Waals surface area (Å²) in [6, 6.07) is 6.49. The van der Waals surface area contributed by atoms with Gasteiger partial charge < -0.3 is 4.74 Å². The van der Waals surface area contributed by atoms with Gasteiger partial charge in [-0.25, -0.2) is 8.42 Å². The fourth-order valence-electron chi connectivity index (χ4n) is 1.08. The van der Waals surface area contributed by atoms with Crippen LogP contribution in [0, 0.1) is 0 Å². The van der Waals surface area contributed by atoms with Crippen LogP contribution in [0.25, 0.3) is 0 Å². The number of hydrogen-bond acceptors (Lipinski definition) is 3. The van der Waals surface area contributed by atoms with Crippen LogP contribution in [0.4, 0.5) is 0 Å². The van der Waals surface area contributed by atoms with E-state index in [1.54, 1.807) is 24.3 Å². The van der Waals surface area contributed by atoms with Gasteiger partial charge in [-0.05, 0) is 37.6 Å². The van der Waals surface area contributed by atoms with E-state index in [9.17, 15) is 8.42 Å². The summed E-state index contributed by atoms with van der Waals surface area (Å²) in [6.45, 7) is 4.01. The molecule has 0 heterocycles. The lowest BCUT2D eigenvalue weighted by Gasteiger charge is -2.12. The minimum Gasteiger partial charge on any atom is -0.491 e. The van der Waals surface area contributed by atoms with Crippen LogP contribution in [0.2, 0.25) is 0 Å². The van der Waals surface area contributed by atoms with E-state index in [0.29, 0.717) is 10.6 Å². The summed E-state index contributed by atoms with van der Waals surface area (Å²) in [4.78, 5) is 0.319. The molecule has 0 saturated carbocycles. The SMILES string of the molecule is CCC(C)Oc1ccc(S(C)(=O)=O)cc1. The standard InChI is InChI=1S/C11H16O3S/c1-4-9(2)14-10-5-7-11(8-6-10)15(3,12)13/h5-9H,4H2,1-3H3. The second-order valence-electron chi connectivity index (χ2n) is 3.58. The van der Waals surface area contributed by atoms with Crippen LogP contribution in [0.15, 0.2) is 29.2 Å². The number of ether oxygens (including phenoxy) is 1.